The van der Waals surface area contributed by atoms with Gasteiger partial charge in [-0.05, 0) is 37.6 Å². The Kier molecular flexibility index (Phi) is 5.94. The van der Waals surface area contributed by atoms with Gasteiger partial charge in [0.15, 0.2) is 0 Å². The lowest BCUT2D eigenvalue weighted by atomic mass is 10.1. The van der Waals surface area contributed by atoms with Gasteiger partial charge in [-0.3, -0.25) is 14.9 Å². The number of amides is 1. The van der Waals surface area contributed by atoms with Gasteiger partial charge in [0.25, 0.3) is 5.69 Å². The van der Waals surface area contributed by atoms with E-state index in [1.165, 1.54) is 13.2 Å². The number of carbonyl (C=O) groups is 1. The molecule has 7 nitrogen and oxygen atoms in total. The van der Waals surface area contributed by atoms with Crippen molar-refractivity contribution < 1.29 is 14.5 Å². The van der Waals surface area contributed by atoms with Gasteiger partial charge in [0, 0.05) is 12.6 Å². The molecule has 132 valence electrons. The number of hydrogen-bond donors (Lipinski definition) is 1. The van der Waals surface area contributed by atoms with Gasteiger partial charge in [0.05, 0.1) is 24.3 Å². The number of nitrogens with one attached hydrogen (secondary N) is 1. The average Bonchev–Trinajstić information content (AvgIpc) is 2.60. The second kappa shape index (κ2) is 8.14. The van der Waals surface area contributed by atoms with Crippen molar-refractivity contribution in [3.63, 3.8) is 0 Å². The summed E-state index contributed by atoms with van der Waals surface area (Å²) >= 11 is 0. The Bertz CT molecular complexity index is 777. The predicted octanol–water partition coefficient (Wildman–Crippen LogP) is 3.38. The molecular formula is C18H21N3O4. The molecule has 2 aromatic carbocycles. The summed E-state index contributed by atoms with van der Waals surface area (Å²) in [7, 11) is 1.53. The second-order valence-corrected chi connectivity index (χ2v) is 5.51. The molecule has 0 heterocycles. The van der Waals surface area contributed by atoms with Crippen LogP contribution in [-0.2, 0) is 4.79 Å². The number of methoxy groups -OCH3 is 1. The zero-order valence-electron chi connectivity index (χ0n) is 14.5. The first-order chi connectivity index (χ1) is 12.0. The second-order valence-electron chi connectivity index (χ2n) is 5.51. The van der Waals surface area contributed by atoms with Crippen molar-refractivity contribution in [1.82, 2.24) is 0 Å². The Labute approximate surface area is 146 Å². The Balaban J connectivity index is 2.20. The normalized spacial score (nSPS) is 10.2. The lowest BCUT2D eigenvalue weighted by Gasteiger charge is -2.22. The van der Waals surface area contributed by atoms with Crippen LogP contribution < -0.4 is 15.0 Å². The maximum Gasteiger partial charge on any atom is 0.292 e. The van der Waals surface area contributed by atoms with E-state index in [4.69, 9.17) is 4.74 Å². The number of ether oxygens (including phenoxy) is 1. The molecule has 0 aliphatic heterocycles. The molecule has 0 spiro atoms. The number of rotatable bonds is 7. The number of aryl methyl sites for hydroxylation is 1. The van der Waals surface area contributed by atoms with Gasteiger partial charge in [-0.2, -0.15) is 0 Å². The number of hydrogen-bond acceptors (Lipinski definition) is 5. The highest BCUT2D eigenvalue weighted by atomic mass is 16.6. The standard InChI is InChI=1S/C18H21N3O4/c1-4-20(15-10-9-13(2)11-16(15)21(23)24)12-18(22)19-14-7-5-6-8-17(14)25-3/h5-11H,4,12H2,1-3H3,(H,19,22). The van der Waals surface area contributed by atoms with E-state index in [9.17, 15) is 14.9 Å². The summed E-state index contributed by atoms with van der Waals surface area (Å²) in [5.74, 6) is 0.279. The van der Waals surface area contributed by atoms with Gasteiger partial charge in [-0.1, -0.05) is 18.2 Å². The highest BCUT2D eigenvalue weighted by molar-refractivity contribution is 5.95. The third kappa shape index (κ3) is 4.47. The van der Waals surface area contributed by atoms with E-state index in [2.05, 4.69) is 5.32 Å². The Morgan fingerprint density at radius 3 is 2.64 bits per heavy atom. The quantitative estimate of drug-likeness (QED) is 0.615. The van der Waals surface area contributed by atoms with Crippen LogP contribution in [0.3, 0.4) is 0 Å². The number of likely N-dealkylation sites (N-methyl/N-ethyl adjacent to an activating group) is 1. The number of nitro benzene ring substituents is 1. The zero-order valence-corrected chi connectivity index (χ0v) is 14.5. The van der Waals surface area contributed by atoms with E-state index in [0.29, 0.717) is 23.7 Å². The van der Waals surface area contributed by atoms with Crippen LogP contribution in [0, 0.1) is 17.0 Å². The predicted molar refractivity (Wildman–Crippen MR) is 97.3 cm³/mol. The van der Waals surface area contributed by atoms with Crippen molar-refractivity contribution in [2.75, 3.05) is 30.4 Å². The lowest BCUT2D eigenvalue weighted by Crippen LogP contribution is -2.33. The smallest absolute Gasteiger partial charge is 0.292 e. The topological polar surface area (TPSA) is 84.7 Å². The molecule has 0 aromatic heterocycles. The van der Waals surface area contributed by atoms with Crippen LogP contribution in [0.4, 0.5) is 17.1 Å². The van der Waals surface area contributed by atoms with Gasteiger partial charge >= 0.3 is 0 Å². The van der Waals surface area contributed by atoms with Crippen LogP contribution in [0.15, 0.2) is 42.5 Å². The molecule has 0 aliphatic carbocycles. The highest BCUT2D eigenvalue weighted by Crippen LogP contribution is 2.29. The summed E-state index contributed by atoms with van der Waals surface area (Å²) in [4.78, 5) is 25.0. The van der Waals surface area contributed by atoms with Gasteiger partial charge in [0.2, 0.25) is 5.91 Å². The fourth-order valence-corrected chi connectivity index (χ4v) is 2.53. The fourth-order valence-electron chi connectivity index (χ4n) is 2.53. The molecule has 0 unspecified atom stereocenters. The molecule has 2 rings (SSSR count). The van der Waals surface area contributed by atoms with E-state index < -0.39 is 4.92 Å². The number of para-hydroxylation sites is 2. The molecule has 0 aliphatic rings. The van der Waals surface area contributed by atoms with Crippen molar-refractivity contribution >= 4 is 23.0 Å². The minimum Gasteiger partial charge on any atom is -0.495 e. The molecule has 0 saturated heterocycles. The lowest BCUT2D eigenvalue weighted by molar-refractivity contribution is -0.384. The maximum atomic E-state index is 12.4. The Morgan fingerprint density at radius 2 is 2.00 bits per heavy atom. The van der Waals surface area contributed by atoms with E-state index in [1.54, 1.807) is 42.2 Å². The summed E-state index contributed by atoms with van der Waals surface area (Å²) in [6.45, 7) is 4.10. The fraction of sp³-hybridized carbons (Fsp3) is 0.278. The average molecular weight is 343 g/mol. The number of nitrogens with zero attached hydrogens (tertiary/aromatic N) is 2. The third-order valence-corrected chi connectivity index (χ3v) is 3.77. The molecule has 0 bridgehead atoms. The summed E-state index contributed by atoms with van der Waals surface area (Å²) in [5.41, 5.74) is 1.77. The molecule has 0 atom stereocenters. The molecule has 7 heteroatoms. The SMILES string of the molecule is CCN(CC(=O)Nc1ccccc1OC)c1ccc(C)cc1[N+](=O)[O-]. The molecule has 1 amide bonds. The minimum atomic E-state index is -0.427. The van der Waals surface area contributed by atoms with Crippen molar-refractivity contribution in [1.29, 1.82) is 0 Å². The number of nitro groups is 1. The van der Waals surface area contributed by atoms with Crippen LogP contribution in [0.25, 0.3) is 0 Å². The van der Waals surface area contributed by atoms with Crippen LogP contribution in [0.2, 0.25) is 0 Å². The van der Waals surface area contributed by atoms with E-state index in [-0.39, 0.29) is 18.1 Å². The first-order valence-electron chi connectivity index (χ1n) is 7.89. The monoisotopic (exact) mass is 343 g/mol. The zero-order chi connectivity index (χ0) is 18.4. The Morgan fingerprint density at radius 1 is 1.28 bits per heavy atom. The molecule has 0 fully saturated rings. The summed E-state index contributed by atoms with van der Waals surface area (Å²) in [6, 6.07) is 12.1. The molecule has 25 heavy (non-hydrogen) atoms. The third-order valence-electron chi connectivity index (χ3n) is 3.77. The van der Waals surface area contributed by atoms with E-state index >= 15 is 0 Å². The van der Waals surface area contributed by atoms with Crippen LogP contribution in [0.1, 0.15) is 12.5 Å². The Hall–Kier alpha value is -3.09. The van der Waals surface area contributed by atoms with Crippen molar-refractivity contribution in [2.45, 2.75) is 13.8 Å². The van der Waals surface area contributed by atoms with Crippen molar-refractivity contribution in [3.05, 3.63) is 58.1 Å². The maximum absolute atomic E-state index is 12.4. The van der Waals surface area contributed by atoms with Gasteiger partial charge in [-0.25, -0.2) is 0 Å². The first-order valence-corrected chi connectivity index (χ1v) is 7.89. The number of benzene rings is 2. The molecule has 0 saturated carbocycles. The van der Waals surface area contributed by atoms with Gasteiger partial charge < -0.3 is 15.0 Å². The van der Waals surface area contributed by atoms with Crippen LogP contribution in [0.5, 0.6) is 5.75 Å². The molecule has 2 aromatic rings. The summed E-state index contributed by atoms with van der Waals surface area (Å²) in [5, 5.41) is 14.1. The number of anilines is 2. The van der Waals surface area contributed by atoms with Crippen LogP contribution in [-0.4, -0.2) is 31.0 Å². The summed E-state index contributed by atoms with van der Waals surface area (Å²) in [6.07, 6.45) is 0. The van der Waals surface area contributed by atoms with Crippen LogP contribution >= 0.6 is 0 Å². The first kappa shape index (κ1) is 18.3. The van der Waals surface area contributed by atoms with Crippen molar-refractivity contribution in [3.8, 4) is 5.75 Å². The minimum absolute atomic E-state index is 0.00154. The van der Waals surface area contributed by atoms with E-state index in [0.717, 1.165) is 5.56 Å². The molecule has 1 N–H and O–H groups in total. The van der Waals surface area contributed by atoms with E-state index in [1.807, 2.05) is 13.0 Å². The number of carbonyl (C=O) groups excluding carboxylic acids is 1. The summed E-state index contributed by atoms with van der Waals surface area (Å²) < 4.78 is 5.21. The van der Waals surface area contributed by atoms with Crippen molar-refractivity contribution in [2.24, 2.45) is 0 Å². The van der Waals surface area contributed by atoms with Gasteiger partial charge in [0.1, 0.15) is 11.4 Å². The molecule has 0 radical (unpaired) electrons. The highest BCUT2D eigenvalue weighted by Gasteiger charge is 2.21. The largest absolute Gasteiger partial charge is 0.495 e. The van der Waals surface area contributed by atoms with Gasteiger partial charge in [-0.15, -0.1) is 0 Å². The molecular weight excluding hydrogens is 322 g/mol.